The van der Waals surface area contributed by atoms with Crippen LogP contribution in [0.1, 0.15) is 16.8 Å². The SMILES string of the molecule is Nc1onc2c1CCN(Cc1ccccc1)C2. The molecule has 1 aliphatic rings. The predicted octanol–water partition coefficient (Wildman–Crippen LogP) is 1.82. The summed E-state index contributed by atoms with van der Waals surface area (Å²) in [7, 11) is 0. The van der Waals surface area contributed by atoms with Crippen LogP contribution in [-0.4, -0.2) is 16.6 Å². The summed E-state index contributed by atoms with van der Waals surface area (Å²) in [6.45, 7) is 2.78. The standard InChI is InChI=1S/C13H15N3O/c14-13-11-6-7-16(9-12(11)15-17-13)8-10-4-2-1-3-5-10/h1-5H,6-9,14H2. The fourth-order valence-electron chi connectivity index (χ4n) is 2.29. The minimum atomic E-state index is 0.486. The van der Waals surface area contributed by atoms with Crippen molar-refractivity contribution in [1.82, 2.24) is 10.1 Å². The highest BCUT2D eigenvalue weighted by Gasteiger charge is 2.22. The van der Waals surface area contributed by atoms with Gasteiger partial charge in [-0.2, -0.15) is 0 Å². The number of hydrogen-bond donors (Lipinski definition) is 1. The van der Waals surface area contributed by atoms with Crippen molar-refractivity contribution in [1.29, 1.82) is 0 Å². The van der Waals surface area contributed by atoms with Gasteiger partial charge in [0.25, 0.3) is 0 Å². The highest BCUT2D eigenvalue weighted by atomic mass is 16.5. The maximum atomic E-state index is 5.71. The van der Waals surface area contributed by atoms with Crippen LogP contribution < -0.4 is 5.73 Å². The summed E-state index contributed by atoms with van der Waals surface area (Å²) in [5.41, 5.74) is 9.12. The van der Waals surface area contributed by atoms with Gasteiger partial charge in [0.1, 0.15) is 5.69 Å². The number of aromatic nitrogens is 1. The number of fused-ring (bicyclic) bond motifs is 1. The molecule has 0 bridgehead atoms. The summed E-state index contributed by atoms with van der Waals surface area (Å²) < 4.78 is 5.02. The summed E-state index contributed by atoms with van der Waals surface area (Å²) in [4.78, 5) is 2.36. The van der Waals surface area contributed by atoms with Crippen LogP contribution >= 0.6 is 0 Å². The molecule has 4 heteroatoms. The smallest absolute Gasteiger partial charge is 0.225 e. The van der Waals surface area contributed by atoms with Crippen LogP contribution in [0, 0.1) is 0 Å². The fourth-order valence-corrected chi connectivity index (χ4v) is 2.29. The minimum absolute atomic E-state index is 0.486. The van der Waals surface area contributed by atoms with Gasteiger partial charge < -0.3 is 10.3 Å². The average Bonchev–Trinajstić information content (AvgIpc) is 2.72. The Labute approximate surface area is 100 Å². The molecule has 0 fully saturated rings. The Morgan fingerprint density at radius 3 is 2.94 bits per heavy atom. The Morgan fingerprint density at radius 1 is 1.29 bits per heavy atom. The monoisotopic (exact) mass is 229 g/mol. The van der Waals surface area contributed by atoms with E-state index < -0.39 is 0 Å². The van der Waals surface area contributed by atoms with Crippen LogP contribution in [0.3, 0.4) is 0 Å². The van der Waals surface area contributed by atoms with Crippen molar-refractivity contribution in [3.63, 3.8) is 0 Å². The number of hydrogen-bond acceptors (Lipinski definition) is 4. The summed E-state index contributed by atoms with van der Waals surface area (Å²) >= 11 is 0. The molecule has 17 heavy (non-hydrogen) atoms. The van der Waals surface area contributed by atoms with Gasteiger partial charge in [0.15, 0.2) is 0 Å². The third kappa shape index (κ3) is 2.03. The van der Waals surface area contributed by atoms with Gasteiger partial charge in [-0.3, -0.25) is 4.90 Å². The summed E-state index contributed by atoms with van der Waals surface area (Å²) in [6, 6.07) is 10.5. The number of nitrogen functional groups attached to an aromatic ring is 1. The second kappa shape index (κ2) is 4.22. The van der Waals surface area contributed by atoms with E-state index in [1.165, 1.54) is 5.56 Å². The van der Waals surface area contributed by atoms with Crippen molar-refractivity contribution in [2.75, 3.05) is 12.3 Å². The van der Waals surface area contributed by atoms with Gasteiger partial charge in [0.2, 0.25) is 5.88 Å². The topological polar surface area (TPSA) is 55.3 Å². The lowest BCUT2D eigenvalue weighted by molar-refractivity contribution is 0.239. The van der Waals surface area contributed by atoms with E-state index in [2.05, 4.69) is 34.3 Å². The molecular weight excluding hydrogens is 214 g/mol. The third-order valence-electron chi connectivity index (χ3n) is 3.20. The summed E-state index contributed by atoms with van der Waals surface area (Å²) in [6.07, 6.45) is 0.928. The number of anilines is 1. The maximum absolute atomic E-state index is 5.71. The van der Waals surface area contributed by atoms with E-state index in [0.29, 0.717) is 5.88 Å². The Morgan fingerprint density at radius 2 is 2.12 bits per heavy atom. The molecule has 0 amide bonds. The highest BCUT2D eigenvalue weighted by molar-refractivity contribution is 5.40. The normalized spacial score (nSPS) is 15.8. The molecule has 1 aromatic carbocycles. The average molecular weight is 229 g/mol. The molecule has 0 aliphatic carbocycles. The van der Waals surface area contributed by atoms with Crippen LogP contribution in [0.15, 0.2) is 34.9 Å². The highest BCUT2D eigenvalue weighted by Crippen LogP contribution is 2.24. The van der Waals surface area contributed by atoms with Crippen molar-refractivity contribution in [2.24, 2.45) is 0 Å². The molecule has 0 saturated carbocycles. The zero-order valence-corrected chi connectivity index (χ0v) is 9.60. The van der Waals surface area contributed by atoms with E-state index in [1.807, 2.05) is 6.07 Å². The van der Waals surface area contributed by atoms with Gasteiger partial charge in [0, 0.05) is 25.2 Å². The number of rotatable bonds is 2. The van der Waals surface area contributed by atoms with E-state index in [1.54, 1.807) is 0 Å². The lowest BCUT2D eigenvalue weighted by Gasteiger charge is -2.25. The minimum Gasteiger partial charge on any atom is -0.367 e. The van der Waals surface area contributed by atoms with E-state index in [-0.39, 0.29) is 0 Å². The van der Waals surface area contributed by atoms with Crippen molar-refractivity contribution >= 4 is 5.88 Å². The van der Waals surface area contributed by atoms with E-state index in [0.717, 1.165) is 37.3 Å². The molecule has 0 spiro atoms. The molecule has 3 rings (SSSR count). The maximum Gasteiger partial charge on any atom is 0.225 e. The zero-order chi connectivity index (χ0) is 11.7. The fraction of sp³-hybridized carbons (Fsp3) is 0.308. The summed E-state index contributed by atoms with van der Waals surface area (Å²) in [5, 5.41) is 4.01. The number of nitrogens with zero attached hydrogens (tertiary/aromatic N) is 2. The quantitative estimate of drug-likeness (QED) is 0.853. The number of benzene rings is 1. The molecule has 0 radical (unpaired) electrons. The first-order chi connectivity index (χ1) is 8.33. The molecule has 0 unspecified atom stereocenters. The van der Waals surface area contributed by atoms with Crippen LogP contribution in [-0.2, 0) is 19.5 Å². The predicted molar refractivity (Wildman–Crippen MR) is 65.2 cm³/mol. The molecule has 0 atom stereocenters. The number of nitrogens with two attached hydrogens (primary N) is 1. The summed E-state index contributed by atoms with van der Waals surface area (Å²) in [5.74, 6) is 0.486. The zero-order valence-electron chi connectivity index (χ0n) is 9.60. The molecule has 2 aromatic rings. The molecule has 1 aliphatic heterocycles. The van der Waals surface area contributed by atoms with Crippen molar-refractivity contribution in [3.8, 4) is 0 Å². The molecule has 1 aromatic heterocycles. The molecule has 4 nitrogen and oxygen atoms in total. The molecular formula is C13H15N3O. The Kier molecular flexibility index (Phi) is 2.57. The van der Waals surface area contributed by atoms with Crippen LogP contribution in [0.25, 0.3) is 0 Å². The molecule has 0 saturated heterocycles. The largest absolute Gasteiger partial charge is 0.367 e. The van der Waals surface area contributed by atoms with E-state index in [4.69, 9.17) is 10.3 Å². The van der Waals surface area contributed by atoms with Gasteiger partial charge in [-0.05, 0) is 12.0 Å². The molecule has 88 valence electrons. The van der Waals surface area contributed by atoms with Crippen LogP contribution in [0.4, 0.5) is 5.88 Å². The first-order valence-corrected chi connectivity index (χ1v) is 5.82. The van der Waals surface area contributed by atoms with Gasteiger partial charge in [0.05, 0.1) is 0 Å². The van der Waals surface area contributed by atoms with Crippen LogP contribution in [0.2, 0.25) is 0 Å². The van der Waals surface area contributed by atoms with Gasteiger partial charge in [-0.1, -0.05) is 35.5 Å². The van der Waals surface area contributed by atoms with Gasteiger partial charge >= 0.3 is 0 Å². The van der Waals surface area contributed by atoms with Crippen molar-refractivity contribution < 1.29 is 4.52 Å². The Bertz CT molecular complexity index is 507. The van der Waals surface area contributed by atoms with Crippen molar-refractivity contribution in [3.05, 3.63) is 47.2 Å². The molecule has 2 N–H and O–H groups in total. The Balaban J connectivity index is 1.72. The first-order valence-electron chi connectivity index (χ1n) is 5.82. The van der Waals surface area contributed by atoms with Crippen molar-refractivity contribution in [2.45, 2.75) is 19.5 Å². The lowest BCUT2D eigenvalue weighted by atomic mass is 10.1. The van der Waals surface area contributed by atoms with E-state index >= 15 is 0 Å². The van der Waals surface area contributed by atoms with Gasteiger partial charge in [-0.15, -0.1) is 0 Å². The molecule has 2 heterocycles. The third-order valence-corrected chi connectivity index (χ3v) is 3.20. The van der Waals surface area contributed by atoms with Gasteiger partial charge in [-0.25, -0.2) is 0 Å². The first kappa shape index (κ1) is 10.4. The van der Waals surface area contributed by atoms with Crippen LogP contribution in [0.5, 0.6) is 0 Å². The van der Waals surface area contributed by atoms with E-state index in [9.17, 15) is 0 Å². The second-order valence-corrected chi connectivity index (χ2v) is 4.42. The second-order valence-electron chi connectivity index (χ2n) is 4.42. The Hall–Kier alpha value is -1.81. The lowest BCUT2D eigenvalue weighted by Crippen LogP contribution is -2.30.